The molecule has 0 atom stereocenters. The van der Waals surface area contributed by atoms with Crippen molar-refractivity contribution in [1.82, 2.24) is 0 Å². The van der Waals surface area contributed by atoms with Crippen LogP contribution in [0.4, 0.5) is 4.39 Å². The smallest absolute Gasteiger partial charge is 0.187 e. The van der Waals surface area contributed by atoms with Gasteiger partial charge in [0.25, 0.3) is 0 Å². The molecule has 4 nitrogen and oxygen atoms in total. The summed E-state index contributed by atoms with van der Waals surface area (Å²) >= 11 is 0. The normalized spacial score (nSPS) is 23.4. The van der Waals surface area contributed by atoms with Crippen LogP contribution in [0.25, 0.3) is 0 Å². The summed E-state index contributed by atoms with van der Waals surface area (Å²) in [6.45, 7) is 0. The minimum absolute atomic E-state index is 0.117. The maximum atomic E-state index is 12.7. The van der Waals surface area contributed by atoms with Crippen molar-refractivity contribution >= 4 is 19.7 Å². The van der Waals surface area contributed by atoms with E-state index in [2.05, 4.69) is 0 Å². The molecule has 1 fully saturated rings. The minimum Gasteiger partial charge on any atom is -0.227 e. The number of sulfone groups is 2. The molecule has 0 radical (unpaired) electrons. The molecule has 1 aromatic rings. The molecule has 1 aromatic carbocycles. The third kappa shape index (κ3) is 2.35. The van der Waals surface area contributed by atoms with E-state index in [1.54, 1.807) is 0 Å². The van der Waals surface area contributed by atoms with Crippen LogP contribution < -0.4 is 0 Å². The van der Waals surface area contributed by atoms with E-state index in [-0.39, 0.29) is 23.5 Å². The highest BCUT2D eigenvalue weighted by molar-refractivity contribution is 8.09. The predicted molar refractivity (Wildman–Crippen MR) is 61.3 cm³/mol. The van der Waals surface area contributed by atoms with Crippen LogP contribution in [0.2, 0.25) is 0 Å². The maximum absolute atomic E-state index is 12.7. The zero-order valence-electron chi connectivity index (χ0n) is 8.84. The largest absolute Gasteiger partial charge is 0.227 e. The minimum atomic E-state index is -3.71. The van der Waals surface area contributed by atoms with Gasteiger partial charge in [0.05, 0.1) is 11.5 Å². The number of hydrogen-bond donors (Lipinski definition) is 0. The summed E-state index contributed by atoms with van der Waals surface area (Å²) in [5.41, 5.74) is 0.117. The molecule has 1 aliphatic rings. The summed E-state index contributed by atoms with van der Waals surface area (Å²) in [4.78, 5) is 0. The van der Waals surface area contributed by atoms with Crippen molar-refractivity contribution in [2.45, 2.75) is 11.0 Å². The Morgan fingerprint density at radius 3 is 1.88 bits per heavy atom. The summed E-state index contributed by atoms with van der Waals surface area (Å²) in [5.74, 6) is -0.818. The van der Waals surface area contributed by atoms with Crippen LogP contribution in [0.15, 0.2) is 24.3 Å². The molecule has 0 N–H and O–H groups in total. The highest BCUT2D eigenvalue weighted by Gasteiger charge is 2.42. The van der Waals surface area contributed by atoms with E-state index in [1.165, 1.54) is 12.1 Å². The van der Waals surface area contributed by atoms with Gasteiger partial charge in [0.15, 0.2) is 24.3 Å². The predicted octanol–water partition coefficient (Wildman–Crippen LogP) is 1.06. The molecule has 7 heteroatoms. The fraction of sp³-hybridized carbons (Fsp3) is 0.400. The number of benzene rings is 1. The lowest BCUT2D eigenvalue weighted by molar-refractivity contribution is 0.567. The van der Waals surface area contributed by atoms with Crippen molar-refractivity contribution in [1.29, 1.82) is 0 Å². The van der Waals surface area contributed by atoms with Gasteiger partial charge in [-0.25, -0.2) is 21.2 Å². The van der Waals surface area contributed by atoms with Crippen molar-refractivity contribution < 1.29 is 21.2 Å². The van der Waals surface area contributed by atoms with Crippen molar-refractivity contribution in [3.8, 4) is 0 Å². The summed E-state index contributed by atoms with van der Waals surface area (Å²) in [7, 11) is -7.41. The SMILES string of the molecule is O=S1(=O)CCCS(=O)(=O)C1c1ccc(F)cc1. The number of rotatable bonds is 1. The first-order valence-corrected chi connectivity index (χ1v) is 8.45. The quantitative estimate of drug-likeness (QED) is 0.770. The van der Waals surface area contributed by atoms with E-state index in [1.807, 2.05) is 0 Å². The Hall–Kier alpha value is -0.950. The van der Waals surface area contributed by atoms with E-state index in [9.17, 15) is 21.2 Å². The highest BCUT2D eigenvalue weighted by atomic mass is 32.3. The molecule has 0 amide bonds. The molecular formula is C10H11FO4S2. The fourth-order valence-electron chi connectivity index (χ4n) is 1.93. The second-order valence-corrected chi connectivity index (χ2v) is 8.68. The second kappa shape index (κ2) is 4.06. The van der Waals surface area contributed by atoms with Gasteiger partial charge in [-0.15, -0.1) is 0 Å². The monoisotopic (exact) mass is 278 g/mol. The molecule has 1 aliphatic heterocycles. The highest BCUT2D eigenvalue weighted by Crippen LogP contribution is 2.34. The first-order valence-electron chi connectivity index (χ1n) is 5.01. The average molecular weight is 278 g/mol. The first-order chi connectivity index (χ1) is 7.83. The van der Waals surface area contributed by atoms with E-state index >= 15 is 0 Å². The van der Waals surface area contributed by atoms with E-state index in [0.29, 0.717) is 0 Å². The Morgan fingerprint density at radius 2 is 1.41 bits per heavy atom. The third-order valence-corrected chi connectivity index (χ3v) is 7.98. The topological polar surface area (TPSA) is 68.3 Å². The molecule has 94 valence electrons. The number of halogens is 1. The lowest BCUT2D eigenvalue weighted by atomic mass is 10.2. The van der Waals surface area contributed by atoms with Crippen LogP contribution in [0, 0.1) is 5.82 Å². The molecule has 0 aliphatic carbocycles. The Balaban J connectivity index is 2.57. The van der Waals surface area contributed by atoms with E-state index < -0.39 is 30.1 Å². The van der Waals surface area contributed by atoms with E-state index in [0.717, 1.165) is 12.1 Å². The van der Waals surface area contributed by atoms with Gasteiger partial charge in [-0.1, -0.05) is 12.1 Å². The van der Waals surface area contributed by atoms with Gasteiger partial charge in [0.2, 0.25) is 0 Å². The zero-order chi connectivity index (χ0) is 12.7. The van der Waals surface area contributed by atoms with Gasteiger partial charge in [-0.05, 0) is 24.1 Å². The Bertz CT molecular complexity index is 583. The van der Waals surface area contributed by atoms with Gasteiger partial charge >= 0.3 is 0 Å². The van der Waals surface area contributed by atoms with E-state index in [4.69, 9.17) is 0 Å². The summed E-state index contributed by atoms with van der Waals surface area (Å²) in [6, 6.07) is 4.55. The zero-order valence-corrected chi connectivity index (χ0v) is 10.5. The molecule has 0 saturated carbocycles. The lowest BCUT2D eigenvalue weighted by Crippen LogP contribution is -2.32. The van der Waals surface area contributed by atoms with Crippen molar-refractivity contribution in [3.05, 3.63) is 35.6 Å². The molecule has 1 heterocycles. The van der Waals surface area contributed by atoms with Crippen LogP contribution in [0.1, 0.15) is 16.6 Å². The van der Waals surface area contributed by atoms with Crippen molar-refractivity contribution in [3.63, 3.8) is 0 Å². The number of hydrogen-bond acceptors (Lipinski definition) is 4. The van der Waals surface area contributed by atoms with Gasteiger partial charge in [0.1, 0.15) is 5.82 Å². The summed E-state index contributed by atoms with van der Waals surface area (Å²) in [5, 5.41) is 0. The maximum Gasteiger partial charge on any atom is 0.187 e. The molecule has 2 rings (SSSR count). The molecule has 0 aromatic heterocycles. The van der Waals surface area contributed by atoms with Crippen LogP contribution in [0.5, 0.6) is 0 Å². The van der Waals surface area contributed by atoms with Crippen LogP contribution in [-0.2, 0) is 19.7 Å². The average Bonchev–Trinajstić information content (AvgIpc) is 2.18. The van der Waals surface area contributed by atoms with Gasteiger partial charge in [-0.3, -0.25) is 0 Å². The van der Waals surface area contributed by atoms with Crippen LogP contribution >= 0.6 is 0 Å². The molecule has 0 bridgehead atoms. The van der Waals surface area contributed by atoms with Gasteiger partial charge in [0, 0.05) is 0 Å². The first kappa shape index (κ1) is 12.5. The Labute approximate surface area is 99.3 Å². The summed E-state index contributed by atoms with van der Waals surface area (Å²) < 4.78 is 58.4. The van der Waals surface area contributed by atoms with Crippen molar-refractivity contribution in [2.24, 2.45) is 0 Å². The molecule has 17 heavy (non-hydrogen) atoms. The van der Waals surface area contributed by atoms with Gasteiger partial charge < -0.3 is 0 Å². The third-order valence-electron chi connectivity index (χ3n) is 2.65. The summed E-state index contributed by atoms with van der Waals surface area (Å²) in [6.07, 6.45) is 0.127. The fourth-order valence-corrected chi connectivity index (χ4v) is 7.15. The molecule has 0 spiro atoms. The van der Waals surface area contributed by atoms with Gasteiger partial charge in [-0.2, -0.15) is 0 Å². The Kier molecular flexibility index (Phi) is 2.99. The molecule has 1 saturated heterocycles. The molecular weight excluding hydrogens is 267 g/mol. The second-order valence-electron chi connectivity index (χ2n) is 3.97. The van der Waals surface area contributed by atoms with Crippen LogP contribution in [-0.4, -0.2) is 28.3 Å². The molecule has 0 unspecified atom stereocenters. The lowest BCUT2D eigenvalue weighted by Gasteiger charge is -2.22. The van der Waals surface area contributed by atoms with Crippen LogP contribution in [0.3, 0.4) is 0 Å². The standard InChI is InChI=1S/C10H11FO4S2/c11-9-4-2-8(3-5-9)10-16(12,13)6-1-7-17(10,14)15/h2-5,10H,1,6-7H2. The van der Waals surface area contributed by atoms with Crippen molar-refractivity contribution in [2.75, 3.05) is 11.5 Å². The Morgan fingerprint density at radius 1 is 0.941 bits per heavy atom.